The zero-order valence-electron chi connectivity index (χ0n) is 12.4. The predicted octanol–water partition coefficient (Wildman–Crippen LogP) is 3.94. The van der Waals surface area contributed by atoms with Crippen LogP contribution < -0.4 is 10.6 Å². The number of rotatable bonds is 2. The van der Waals surface area contributed by atoms with E-state index in [0.29, 0.717) is 20.6 Å². The molecule has 2 heterocycles. The summed E-state index contributed by atoms with van der Waals surface area (Å²) in [4.78, 5) is 21.3. The van der Waals surface area contributed by atoms with E-state index >= 15 is 0 Å². The van der Waals surface area contributed by atoms with E-state index in [2.05, 4.69) is 26.7 Å². The van der Waals surface area contributed by atoms with Crippen molar-refractivity contribution in [2.24, 2.45) is 5.92 Å². The zero-order valence-corrected chi connectivity index (χ0v) is 14.0. The number of pyridine rings is 1. The van der Waals surface area contributed by atoms with Gasteiger partial charge in [-0.2, -0.15) is 5.26 Å². The van der Waals surface area contributed by atoms with Crippen molar-refractivity contribution in [1.29, 1.82) is 5.26 Å². The van der Waals surface area contributed by atoms with Gasteiger partial charge in [0, 0.05) is 12.0 Å². The van der Waals surface area contributed by atoms with Crippen LogP contribution in [0.3, 0.4) is 0 Å². The van der Waals surface area contributed by atoms with Crippen molar-refractivity contribution in [3.05, 3.63) is 17.3 Å². The van der Waals surface area contributed by atoms with Crippen LogP contribution in [0.2, 0.25) is 5.15 Å². The Kier molecular flexibility index (Phi) is 4.94. The van der Waals surface area contributed by atoms with E-state index in [1.807, 2.05) is 0 Å². The van der Waals surface area contributed by atoms with Gasteiger partial charge in [-0.15, -0.1) is 0 Å². The summed E-state index contributed by atoms with van der Waals surface area (Å²) in [7, 11) is 0. The Morgan fingerprint density at radius 2 is 2.17 bits per heavy atom. The molecule has 0 aromatic carbocycles. The van der Waals surface area contributed by atoms with Crippen molar-refractivity contribution in [3.8, 4) is 6.07 Å². The van der Waals surface area contributed by atoms with Gasteiger partial charge in [-0.3, -0.25) is 5.32 Å². The Bertz CT molecular complexity index is 756. The molecule has 2 unspecified atom stereocenters. The summed E-state index contributed by atoms with van der Waals surface area (Å²) < 4.78 is 0. The van der Waals surface area contributed by atoms with Crippen LogP contribution in [-0.4, -0.2) is 22.0 Å². The number of aromatic nitrogens is 2. The zero-order chi connectivity index (χ0) is 16.2. The average molecular weight is 350 g/mol. The number of thiazole rings is 1. The number of hydrogen-bond donors (Lipinski definition) is 2. The summed E-state index contributed by atoms with van der Waals surface area (Å²) in [6.07, 6.45) is 4.46. The number of fused-ring (bicyclic) bond motifs is 1. The lowest BCUT2D eigenvalue weighted by atomic mass is 10.0. The average Bonchev–Trinajstić information content (AvgIpc) is 2.76. The van der Waals surface area contributed by atoms with Gasteiger partial charge < -0.3 is 5.32 Å². The molecule has 2 amide bonds. The molecule has 6 nitrogen and oxygen atoms in total. The van der Waals surface area contributed by atoms with Gasteiger partial charge in [0.15, 0.2) is 5.13 Å². The molecule has 2 N–H and O–H groups in total. The van der Waals surface area contributed by atoms with Crippen LogP contribution >= 0.6 is 22.9 Å². The second-order valence-electron chi connectivity index (χ2n) is 5.61. The summed E-state index contributed by atoms with van der Waals surface area (Å²) in [5.41, 5.74) is 0.709. The second-order valence-corrected chi connectivity index (χ2v) is 6.97. The molecule has 1 aliphatic rings. The Hall–Kier alpha value is -1.91. The lowest BCUT2D eigenvalue weighted by Gasteiger charge is -2.15. The van der Waals surface area contributed by atoms with Gasteiger partial charge in [0.25, 0.3) is 0 Å². The van der Waals surface area contributed by atoms with E-state index in [9.17, 15) is 4.79 Å². The van der Waals surface area contributed by atoms with Crippen molar-refractivity contribution >= 4 is 44.4 Å². The van der Waals surface area contributed by atoms with E-state index in [0.717, 1.165) is 32.1 Å². The Morgan fingerprint density at radius 3 is 3.00 bits per heavy atom. The van der Waals surface area contributed by atoms with Crippen molar-refractivity contribution in [2.75, 3.05) is 5.32 Å². The van der Waals surface area contributed by atoms with Gasteiger partial charge in [0.1, 0.15) is 15.5 Å². The Morgan fingerprint density at radius 1 is 1.30 bits per heavy atom. The summed E-state index contributed by atoms with van der Waals surface area (Å²) >= 11 is 7.14. The molecular weight excluding hydrogens is 334 g/mol. The first-order valence-electron chi connectivity index (χ1n) is 7.54. The Balaban J connectivity index is 1.59. The van der Waals surface area contributed by atoms with Crippen LogP contribution in [-0.2, 0) is 0 Å². The molecule has 2 aromatic rings. The first-order valence-corrected chi connectivity index (χ1v) is 8.73. The molecule has 0 saturated heterocycles. The third kappa shape index (κ3) is 4.09. The van der Waals surface area contributed by atoms with Gasteiger partial charge >= 0.3 is 6.03 Å². The monoisotopic (exact) mass is 349 g/mol. The maximum atomic E-state index is 12.1. The molecule has 0 radical (unpaired) electrons. The number of amides is 2. The van der Waals surface area contributed by atoms with Gasteiger partial charge in [-0.1, -0.05) is 29.4 Å². The third-order valence-corrected chi connectivity index (χ3v) is 5.02. The van der Waals surface area contributed by atoms with E-state index in [1.165, 1.54) is 11.3 Å². The first-order chi connectivity index (χ1) is 11.1. The maximum absolute atomic E-state index is 12.1. The van der Waals surface area contributed by atoms with Gasteiger partial charge in [0.2, 0.25) is 0 Å². The molecule has 23 heavy (non-hydrogen) atoms. The highest BCUT2D eigenvalue weighted by molar-refractivity contribution is 7.22. The van der Waals surface area contributed by atoms with E-state index < -0.39 is 0 Å². The molecular formula is C15H16ClN5OS. The largest absolute Gasteiger partial charge is 0.335 e. The number of nitrogens with one attached hydrogen (secondary N) is 2. The quantitative estimate of drug-likeness (QED) is 0.634. The van der Waals surface area contributed by atoms with Crippen LogP contribution in [0.15, 0.2) is 12.1 Å². The van der Waals surface area contributed by atoms with E-state index in [4.69, 9.17) is 16.9 Å². The van der Waals surface area contributed by atoms with Crippen LogP contribution in [0.4, 0.5) is 9.93 Å². The molecule has 0 bridgehead atoms. The molecule has 1 aliphatic carbocycles. The van der Waals surface area contributed by atoms with Gasteiger partial charge in [0.05, 0.1) is 6.07 Å². The molecule has 3 rings (SSSR count). The molecule has 0 aliphatic heterocycles. The number of hydrogen-bond acceptors (Lipinski definition) is 5. The van der Waals surface area contributed by atoms with Gasteiger partial charge in [-0.25, -0.2) is 14.8 Å². The molecule has 120 valence electrons. The highest BCUT2D eigenvalue weighted by atomic mass is 35.5. The molecule has 0 spiro atoms. The molecule has 1 fully saturated rings. The standard InChI is InChI=1S/C15H16ClN5OS/c16-12-7-6-11-13(20-12)23-15(19-11)21-14(22)18-10-3-1-2-9(8-17)4-5-10/h6-7,9-10H,1-5H2,(H2,18,19,21,22). The number of urea groups is 1. The van der Waals surface area contributed by atoms with Crippen molar-refractivity contribution in [2.45, 2.75) is 38.1 Å². The lowest BCUT2D eigenvalue weighted by molar-refractivity contribution is 0.247. The predicted molar refractivity (Wildman–Crippen MR) is 90.6 cm³/mol. The third-order valence-electron chi connectivity index (χ3n) is 3.93. The topological polar surface area (TPSA) is 90.7 Å². The van der Waals surface area contributed by atoms with E-state index in [-0.39, 0.29) is 18.0 Å². The lowest BCUT2D eigenvalue weighted by Crippen LogP contribution is -2.37. The molecule has 8 heteroatoms. The van der Waals surface area contributed by atoms with Crippen molar-refractivity contribution < 1.29 is 4.79 Å². The minimum atomic E-state index is -0.268. The summed E-state index contributed by atoms with van der Waals surface area (Å²) in [5.74, 6) is 0.116. The number of nitrogens with zero attached hydrogens (tertiary/aromatic N) is 3. The fraction of sp³-hybridized carbons (Fsp3) is 0.467. The van der Waals surface area contributed by atoms with Crippen LogP contribution in [0.5, 0.6) is 0 Å². The fourth-order valence-electron chi connectivity index (χ4n) is 2.74. The van der Waals surface area contributed by atoms with Crippen molar-refractivity contribution in [3.63, 3.8) is 0 Å². The minimum absolute atomic E-state index is 0.107. The maximum Gasteiger partial charge on any atom is 0.321 e. The summed E-state index contributed by atoms with van der Waals surface area (Å²) in [5, 5.41) is 15.6. The molecule has 1 saturated carbocycles. The number of halogens is 1. The van der Waals surface area contributed by atoms with Crippen molar-refractivity contribution in [1.82, 2.24) is 15.3 Å². The van der Waals surface area contributed by atoms with Crippen LogP contribution in [0.25, 0.3) is 10.3 Å². The van der Waals surface area contributed by atoms with Crippen LogP contribution in [0.1, 0.15) is 32.1 Å². The number of carbonyl (C=O) groups excluding carboxylic acids is 1. The smallest absolute Gasteiger partial charge is 0.321 e. The highest BCUT2D eigenvalue weighted by Crippen LogP contribution is 2.26. The minimum Gasteiger partial charge on any atom is -0.335 e. The normalized spacial score (nSPS) is 21.4. The SMILES string of the molecule is N#CC1CCCC(NC(=O)Nc2nc3ccc(Cl)nc3s2)CC1. The Labute approximate surface area is 142 Å². The van der Waals surface area contributed by atoms with E-state index in [1.54, 1.807) is 12.1 Å². The number of nitriles is 1. The molecule has 2 atom stereocenters. The highest BCUT2D eigenvalue weighted by Gasteiger charge is 2.20. The summed E-state index contributed by atoms with van der Waals surface area (Å²) in [6, 6.07) is 5.61. The fourth-order valence-corrected chi connectivity index (χ4v) is 3.77. The summed E-state index contributed by atoms with van der Waals surface area (Å²) in [6.45, 7) is 0. The number of anilines is 1. The second kappa shape index (κ2) is 7.11. The van der Waals surface area contributed by atoms with Gasteiger partial charge in [-0.05, 0) is 37.8 Å². The first kappa shape index (κ1) is 16.0. The van der Waals surface area contributed by atoms with Crippen LogP contribution in [0, 0.1) is 17.2 Å². The number of carbonyl (C=O) groups is 1. The molecule has 2 aromatic heterocycles.